The van der Waals surface area contributed by atoms with Gasteiger partial charge in [0.2, 0.25) is 0 Å². The van der Waals surface area contributed by atoms with Crippen molar-refractivity contribution in [3.8, 4) is 0 Å². The topological polar surface area (TPSA) is 55.1 Å². The largest absolute Gasteiger partial charge is 0.481 e. The number of aryl methyl sites for hydroxylation is 1. The molecule has 0 spiro atoms. The molecule has 0 aliphatic rings. The van der Waals surface area contributed by atoms with Crippen molar-refractivity contribution < 1.29 is 9.90 Å². The smallest absolute Gasteiger partial charge is 0.313 e. The van der Waals surface area contributed by atoms with E-state index >= 15 is 0 Å². The van der Waals surface area contributed by atoms with Crippen molar-refractivity contribution in [2.45, 2.75) is 51.7 Å². The molecule has 0 aliphatic heterocycles. The Morgan fingerprint density at radius 2 is 2.22 bits per heavy atom. The highest BCUT2D eigenvalue weighted by Crippen LogP contribution is 2.27. The molecule has 0 saturated carbocycles. The van der Waals surface area contributed by atoms with Gasteiger partial charge in [0, 0.05) is 17.9 Å². The predicted octanol–water partition coefficient (Wildman–Crippen LogP) is 3.37. The molecule has 1 N–H and O–H groups in total. The van der Waals surface area contributed by atoms with Crippen LogP contribution in [0.25, 0.3) is 0 Å². The molecule has 2 atom stereocenters. The SMILES string of the molecule is CCC(C)CC(C)n1c(C)cnc1SCC(=O)O. The lowest BCUT2D eigenvalue weighted by atomic mass is 10.0. The van der Waals surface area contributed by atoms with E-state index in [1.165, 1.54) is 11.8 Å². The van der Waals surface area contributed by atoms with E-state index in [0.717, 1.165) is 23.7 Å². The summed E-state index contributed by atoms with van der Waals surface area (Å²) < 4.78 is 2.15. The molecule has 18 heavy (non-hydrogen) atoms. The normalized spacial score (nSPS) is 14.4. The maximum atomic E-state index is 10.6. The molecule has 5 heteroatoms. The van der Waals surface area contributed by atoms with Gasteiger partial charge in [-0.05, 0) is 26.2 Å². The monoisotopic (exact) mass is 270 g/mol. The Morgan fingerprint density at radius 1 is 1.56 bits per heavy atom. The van der Waals surface area contributed by atoms with Crippen molar-refractivity contribution in [3.05, 3.63) is 11.9 Å². The van der Waals surface area contributed by atoms with Crippen LogP contribution in [0.1, 0.15) is 45.3 Å². The Hall–Kier alpha value is -0.970. The van der Waals surface area contributed by atoms with Gasteiger partial charge in [-0.15, -0.1) is 0 Å². The van der Waals surface area contributed by atoms with Gasteiger partial charge < -0.3 is 9.67 Å². The van der Waals surface area contributed by atoms with Gasteiger partial charge in [-0.3, -0.25) is 4.79 Å². The minimum atomic E-state index is -0.804. The molecule has 2 unspecified atom stereocenters. The van der Waals surface area contributed by atoms with Crippen LogP contribution < -0.4 is 0 Å². The number of imidazole rings is 1. The van der Waals surface area contributed by atoms with Gasteiger partial charge in [-0.2, -0.15) is 0 Å². The number of rotatable bonds is 7. The molecule has 4 nitrogen and oxygen atoms in total. The summed E-state index contributed by atoms with van der Waals surface area (Å²) in [4.78, 5) is 14.9. The Bertz CT molecular complexity index is 404. The van der Waals surface area contributed by atoms with Crippen LogP contribution in [0.3, 0.4) is 0 Å². The fourth-order valence-electron chi connectivity index (χ4n) is 2.05. The molecule has 0 radical (unpaired) electrons. The number of aromatic nitrogens is 2. The number of carbonyl (C=O) groups is 1. The van der Waals surface area contributed by atoms with E-state index in [2.05, 4.69) is 30.3 Å². The molecule has 0 amide bonds. The molecule has 1 rings (SSSR count). The molecule has 0 aromatic carbocycles. The molecule has 1 aromatic heterocycles. The minimum absolute atomic E-state index is 0.0620. The van der Waals surface area contributed by atoms with Crippen LogP contribution in [0, 0.1) is 12.8 Å². The lowest BCUT2D eigenvalue weighted by Crippen LogP contribution is -2.12. The molecule has 0 aliphatic carbocycles. The van der Waals surface area contributed by atoms with Crippen molar-refractivity contribution in [2.24, 2.45) is 5.92 Å². The molecule has 1 heterocycles. The lowest BCUT2D eigenvalue weighted by Gasteiger charge is -2.20. The summed E-state index contributed by atoms with van der Waals surface area (Å²) in [5.41, 5.74) is 1.10. The third-order valence-corrected chi connectivity index (χ3v) is 4.11. The van der Waals surface area contributed by atoms with Crippen LogP contribution in [-0.4, -0.2) is 26.4 Å². The molecule has 0 fully saturated rings. The number of aliphatic carboxylic acids is 1. The van der Waals surface area contributed by atoms with Crippen molar-refractivity contribution in [1.82, 2.24) is 9.55 Å². The molecular weight excluding hydrogens is 248 g/mol. The molecule has 1 aromatic rings. The number of nitrogens with zero attached hydrogens (tertiary/aromatic N) is 2. The number of carboxylic acids is 1. The first kappa shape index (κ1) is 15.1. The Morgan fingerprint density at radius 3 is 2.78 bits per heavy atom. The second-order valence-electron chi connectivity index (χ2n) is 4.83. The number of carboxylic acid groups (broad SMARTS) is 1. The highest BCUT2D eigenvalue weighted by molar-refractivity contribution is 7.99. The number of hydrogen-bond acceptors (Lipinski definition) is 3. The number of thioether (sulfide) groups is 1. The highest BCUT2D eigenvalue weighted by atomic mass is 32.2. The minimum Gasteiger partial charge on any atom is -0.481 e. The molecular formula is C13H22N2O2S. The molecule has 102 valence electrons. The summed E-state index contributed by atoms with van der Waals surface area (Å²) in [5.74, 6) is -0.0760. The zero-order chi connectivity index (χ0) is 13.7. The Balaban J connectivity index is 2.79. The Kier molecular flexibility index (Phi) is 5.72. The standard InChI is InChI=1S/C13H22N2O2S/c1-5-9(2)6-10(3)15-11(4)7-14-13(15)18-8-12(16)17/h7,9-10H,5-6,8H2,1-4H3,(H,16,17). The van der Waals surface area contributed by atoms with E-state index in [0.29, 0.717) is 12.0 Å². The fourth-order valence-corrected chi connectivity index (χ4v) is 2.89. The van der Waals surface area contributed by atoms with E-state index in [4.69, 9.17) is 5.11 Å². The average molecular weight is 270 g/mol. The third-order valence-electron chi connectivity index (χ3n) is 3.15. The van der Waals surface area contributed by atoms with Crippen molar-refractivity contribution in [1.29, 1.82) is 0 Å². The Labute approximate surface area is 113 Å². The van der Waals surface area contributed by atoms with Gasteiger partial charge in [0.1, 0.15) is 0 Å². The van der Waals surface area contributed by atoms with Crippen LogP contribution in [0.2, 0.25) is 0 Å². The molecule has 0 bridgehead atoms. The van der Waals surface area contributed by atoms with E-state index in [9.17, 15) is 4.79 Å². The number of hydrogen-bond donors (Lipinski definition) is 1. The van der Waals surface area contributed by atoms with Crippen molar-refractivity contribution in [3.63, 3.8) is 0 Å². The van der Waals surface area contributed by atoms with Gasteiger partial charge in [-0.1, -0.05) is 32.0 Å². The summed E-state index contributed by atoms with van der Waals surface area (Å²) in [6.07, 6.45) is 4.07. The summed E-state index contributed by atoms with van der Waals surface area (Å²) >= 11 is 1.29. The van der Waals surface area contributed by atoms with Gasteiger partial charge >= 0.3 is 5.97 Å². The van der Waals surface area contributed by atoms with Gasteiger partial charge in [0.25, 0.3) is 0 Å². The van der Waals surface area contributed by atoms with E-state index in [1.54, 1.807) is 0 Å². The maximum Gasteiger partial charge on any atom is 0.313 e. The van der Waals surface area contributed by atoms with Gasteiger partial charge in [0.15, 0.2) is 5.16 Å². The van der Waals surface area contributed by atoms with Crippen LogP contribution in [-0.2, 0) is 4.79 Å². The first-order chi connectivity index (χ1) is 8.45. The second kappa shape index (κ2) is 6.83. The van der Waals surface area contributed by atoms with E-state index in [1.807, 2.05) is 13.1 Å². The van der Waals surface area contributed by atoms with E-state index in [-0.39, 0.29) is 5.75 Å². The lowest BCUT2D eigenvalue weighted by molar-refractivity contribution is -0.133. The van der Waals surface area contributed by atoms with Crippen LogP contribution in [0.15, 0.2) is 11.4 Å². The first-order valence-electron chi connectivity index (χ1n) is 6.34. The second-order valence-corrected chi connectivity index (χ2v) is 5.78. The molecule has 0 saturated heterocycles. The van der Waals surface area contributed by atoms with E-state index < -0.39 is 5.97 Å². The van der Waals surface area contributed by atoms with Crippen LogP contribution in [0.5, 0.6) is 0 Å². The maximum absolute atomic E-state index is 10.6. The van der Waals surface area contributed by atoms with Gasteiger partial charge in [0.05, 0.1) is 5.75 Å². The summed E-state index contributed by atoms with van der Waals surface area (Å²) in [5, 5.41) is 9.55. The first-order valence-corrected chi connectivity index (χ1v) is 7.32. The van der Waals surface area contributed by atoms with Crippen LogP contribution >= 0.6 is 11.8 Å². The fraction of sp³-hybridized carbons (Fsp3) is 0.692. The zero-order valence-electron chi connectivity index (χ0n) is 11.5. The summed E-state index contributed by atoms with van der Waals surface area (Å²) in [6.45, 7) is 8.63. The van der Waals surface area contributed by atoms with Gasteiger partial charge in [-0.25, -0.2) is 4.98 Å². The van der Waals surface area contributed by atoms with Crippen molar-refractivity contribution in [2.75, 3.05) is 5.75 Å². The predicted molar refractivity (Wildman–Crippen MR) is 74.1 cm³/mol. The van der Waals surface area contributed by atoms with Crippen molar-refractivity contribution >= 4 is 17.7 Å². The summed E-state index contributed by atoms with van der Waals surface area (Å²) in [7, 11) is 0. The zero-order valence-corrected chi connectivity index (χ0v) is 12.3. The van der Waals surface area contributed by atoms with Crippen LogP contribution in [0.4, 0.5) is 0 Å². The summed E-state index contributed by atoms with van der Waals surface area (Å²) in [6, 6.07) is 0.360. The third kappa shape index (κ3) is 4.05. The highest BCUT2D eigenvalue weighted by Gasteiger charge is 2.16. The quantitative estimate of drug-likeness (QED) is 0.772. The average Bonchev–Trinajstić information content (AvgIpc) is 2.67.